The van der Waals surface area contributed by atoms with Crippen LogP contribution >= 0.6 is 11.3 Å². The number of carbonyl (C=O) groups is 1. The molecule has 0 spiro atoms. The SMILES string of the molecule is Cc1ccc(-c2cc3n(n2)CCCN(C(=O)/C=C/c2cccs2)C3)cc1. The molecular formula is C21H21N3OS. The largest absolute Gasteiger partial charge is 0.333 e. The van der Waals surface area contributed by atoms with Crippen molar-refractivity contribution in [3.63, 3.8) is 0 Å². The molecule has 0 saturated heterocycles. The number of aromatic nitrogens is 2. The highest BCUT2D eigenvalue weighted by Crippen LogP contribution is 2.23. The van der Waals surface area contributed by atoms with Crippen molar-refractivity contribution in [3.8, 4) is 11.3 Å². The smallest absolute Gasteiger partial charge is 0.246 e. The normalized spacial score (nSPS) is 14.4. The van der Waals surface area contributed by atoms with Gasteiger partial charge in [0.2, 0.25) is 5.91 Å². The molecule has 1 amide bonds. The molecule has 2 aromatic heterocycles. The van der Waals surface area contributed by atoms with Crippen LogP contribution < -0.4 is 0 Å². The summed E-state index contributed by atoms with van der Waals surface area (Å²) < 4.78 is 2.05. The number of carbonyl (C=O) groups excluding carboxylic acids is 1. The predicted octanol–water partition coefficient (Wildman–Crippen LogP) is 4.37. The van der Waals surface area contributed by atoms with E-state index >= 15 is 0 Å². The third-order valence-corrected chi connectivity index (χ3v) is 5.44. The van der Waals surface area contributed by atoms with Crippen molar-refractivity contribution < 1.29 is 4.79 Å². The van der Waals surface area contributed by atoms with Gasteiger partial charge in [0.25, 0.3) is 0 Å². The molecule has 132 valence electrons. The lowest BCUT2D eigenvalue weighted by molar-refractivity contribution is -0.126. The van der Waals surface area contributed by atoms with E-state index in [1.165, 1.54) is 5.56 Å². The zero-order chi connectivity index (χ0) is 17.9. The summed E-state index contributed by atoms with van der Waals surface area (Å²) in [6, 6.07) is 14.5. The van der Waals surface area contributed by atoms with Crippen LogP contribution in [0.4, 0.5) is 0 Å². The Morgan fingerprint density at radius 1 is 1.19 bits per heavy atom. The summed E-state index contributed by atoms with van der Waals surface area (Å²) in [5, 5.41) is 6.77. The Labute approximate surface area is 157 Å². The van der Waals surface area contributed by atoms with Gasteiger partial charge in [0, 0.05) is 29.6 Å². The first-order valence-electron chi connectivity index (χ1n) is 8.83. The van der Waals surface area contributed by atoms with Crippen LogP contribution in [0.15, 0.2) is 53.9 Å². The third kappa shape index (κ3) is 3.63. The maximum atomic E-state index is 12.6. The van der Waals surface area contributed by atoms with Crippen molar-refractivity contribution in [2.24, 2.45) is 0 Å². The molecule has 3 heterocycles. The molecule has 4 rings (SSSR count). The molecule has 0 N–H and O–H groups in total. The van der Waals surface area contributed by atoms with Crippen molar-refractivity contribution in [2.45, 2.75) is 26.4 Å². The number of nitrogens with zero attached hydrogens (tertiary/aromatic N) is 3. The number of thiophene rings is 1. The van der Waals surface area contributed by atoms with Gasteiger partial charge in [-0.2, -0.15) is 5.10 Å². The maximum Gasteiger partial charge on any atom is 0.246 e. The van der Waals surface area contributed by atoms with E-state index in [0.29, 0.717) is 6.54 Å². The molecule has 3 aromatic rings. The van der Waals surface area contributed by atoms with Crippen LogP contribution in [0.25, 0.3) is 17.3 Å². The summed E-state index contributed by atoms with van der Waals surface area (Å²) >= 11 is 1.63. The van der Waals surface area contributed by atoms with Gasteiger partial charge >= 0.3 is 0 Å². The number of amides is 1. The highest BCUT2D eigenvalue weighted by Gasteiger charge is 2.19. The van der Waals surface area contributed by atoms with Crippen molar-refractivity contribution in [1.29, 1.82) is 0 Å². The molecule has 1 aromatic carbocycles. The van der Waals surface area contributed by atoms with E-state index in [2.05, 4.69) is 37.3 Å². The maximum absolute atomic E-state index is 12.6. The Bertz CT molecular complexity index is 923. The molecular weight excluding hydrogens is 342 g/mol. The topological polar surface area (TPSA) is 38.1 Å². The van der Waals surface area contributed by atoms with Crippen LogP contribution in [-0.4, -0.2) is 27.1 Å². The van der Waals surface area contributed by atoms with Crippen molar-refractivity contribution >= 4 is 23.3 Å². The summed E-state index contributed by atoms with van der Waals surface area (Å²) in [5.74, 6) is 0.0601. The molecule has 0 aliphatic carbocycles. The minimum absolute atomic E-state index is 0.0601. The Morgan fingerprint density at radius 2 is 2.04 bits per heavy atom. The number of fused-ring (bicyclic) bond motifs is 1. The molecule has 0 fully saturated rings. The van der Waals surface area contributed by atoms with Gasteiger partial charge < -0.3 is 4.90 Å². The zero-order valence-electron chi connectivity index (χ0n) is 14.8. The van der Waals surface area contributed by atoms with Gasteiger partial charge in [-0.1, -0.05) is 35.9 Å². The third-order valence-electron chi connectivity index (χ3n) is 4.61. The lowest BCUT2D eigenvalue weighted by Gasteiger charge is -2.17. The van der Waals surface area contributed by atoms with Crippen LogP contribution in [0.2, 0.25) is 0 Å². The van der Waals surface area contributed by atoms with Gasteiger partial charge in [0.1, 0.15) is 0 Å². The number of rotatable bonds is 3. The average Bonchev–Trinajstić information content (AvgIpc) is 3.26. The van der Waals surface area contributed by atoms with E-state index in [1.54, 1.807) is 17.4 Å². The van der Waals surface area contributed by atoms with Crippen LogP contribution in [0.3, 0.4) is 0 Å². The Balaban J connectivity index is 1.52. The molecule has 5 heteroatoms. The summed E-state index contributed by atoms with van der Waals surface area (Å²) in [6.45, 7) is 4.29. The predicted molar refractivity (Wildman–Crippen MR) is 106 cm³/mol. The van der Waals surface area contributed by atoms with Gasteiger partial charge in [-0.15, -0.1) is 11.3 Å². The molecule has 0 bridgehead atoms. The average molecular weight is 363 g/mol. The molecule has 0 radical (unpaired) electrons. The second-order valence-corrected chi connectivity index (χ2v) is 7.55. The second kappa shape index (κ2) is 7.30. The molecule has 1 aliphatic heterocycles. The molecule has 26 heavy (non-hydrogen) atoms. The zero-order valence-corrected chi connectivity index (χ0v) is 15.6. The first-order chi connectivity index (χ1) is 12.7. The number of hydrogen-bond donors (Lipinski definition) is 0. The quantitative estimate of drug-likeness (QED) is 0.648. The molecule has 1 aliphatic rings. The van der Waals surface area contributed by atoms with E-state index in [0.717, 1.165) is 41.3 Å². The second-order valence-electron chi connectivity index (χ2n) is 6.57. The fourth-order valence-electron chi connectivity index (χ4n) is 3.16. The molecule has 0 unspecified atom stereocenters. The lowest BCUT2D eigenvalue weighted by Crippen LogP contribution is -2.29. The highest BCUT2D eigenvalue weighted by molar-refractivity contribution is 7.10. The summed E-state index contributed by atoms with van der Waals surface area (Å²) in [7, 11) is 0. The Hall–Kier alpha value is -2.66. The Kier molecular flexibility index (Phi) is 4.71. The van der Waals surface area contributed by atoms with E-state index in [9.17, 15) is 4.79 Å². The van der Waals surface area contributed by atoms with E-state index in [-0.39, 0.29) is 5.91 Å². The van der Waals surface area contributed by atoms with E-state index in [4.69, 9.17) is 5.10 Å². The molecule has 0 saturated carbocycles. The van der Waals surface area contributed by atoms with Crippen molar-refractivity contribution in [2.75, 3.05) is 6.54 Å². The summed E-state index contributed by atoms with van der Waals surface area (Å²) in [6.07, 6.45) is 4.49. The lowest BCUT2D eigenvalue weighted by atomic mass is 10.1. The van der Waals surface area contributed by atoms with Gasteiger partial charge in [-0.3, -0.25) is 9.48 Å². The molecule has 0 atom stereocenters. The monoisotopic (exact) mass is 363 g/mol. The van der Waals surface area contributed by atoms with E-state index in [1.807, 2.05) is 33.2 Å². The van der Waals surface area contributed by atoms with Crippen LogP contribution in [0, 0.1) is 6.92 Å². The standard InChI is InChI=1S/C21H21N3OS/c1-16-5-7-17(8-6-16)20-14-18-15-23(11-3-12-24(18)22-20)21(25)10-9-19-4-2-13-26-19/h2,4-10,13-14H,3,11-12,15H2,1H3/b10-9+. The number of aryl methyl sites for hydroxylation is 2. The fourth-order valence-corrected chi connectivity index (χ4v) is 3.78. The van der Waals surface area contributed by atoms with Crippen molar-refractivity contribution in [3.05, 3.63) is 70.1 Å². The Morgan fingerprint density at radius 3 is 2.81 bits per heavy atom. The minimum atomic E-state index is 0.0601. The summed E-state index contributed by atoms with van der Waals surface area (Å²) in [4.78, 5) is 15.6. The van der Waals surface area contributed by atoms with E-state index < -0.39 is 0 Å². The molecule has 4 nitrogen and oxygen atoms in total. The fraction of sp³-hybridized carbons (Fsp3) is 0.238. The van der Waals surface area contributed by atoms with Gasteiger partial charge in [-0.25, -0.2) is 0 Å². The van der Waals surface area contributed by atoms with Crippen LogP contribution in [0.1, 0.15) is 22.6 Å². The van der Waals surface area contributed by atoms with Gasteiger partial charge in [0.05, 0.1) is 17.9 Å². The highest BCUT2D eigenvalue weighted by atomic mass is 32.1. The summed E-state index contributed by atoms with van der Waals surface area (Å²) in [5.41, 5.74) is 4.43. The number of benzene rings is 1. The van der Waals surface area contributed by atoms with Gasteiger partial charge in [-0.05, 0) is 36.9 Å². The number of hydrogen-bond acceptors (Lipinski definition) is 3. The van der Waals surface area contributed by atoms with Gasteiger partial charge in [0.15, 0.2) is 0 Å². The first-order valence-corrected chi connectivity index (χ1v) is 9.71. The minimum Gasteiger partial charge on any atom is -0.333 e. The van der Waals surface area contributed by atoms with Crippen LogP contribution in [-0.2, 0) is 17.9 Å². The van der Waals surface area contributed by atoms with Crippen molar-refractivity contribution in [1.82, 2.24) is 14.7 Å². The van der Waals surface area contributed by atoms with Crippen LogP contribution in [0.5, 0.6) is 0 Å². The first kappa shape index (κ1) is 16.8.